The first-order chi connectivity index (χ1) is 9.17. The number of aromatic nitrogens is 2. The van der Waals surface area contributed by atoms with Crippen LogP contribution in [0.2, 0.25) is 0 Å². The molecule has 2 heterocycles. The molecule has 0 aliphatic carbocycles. The highest BCUT2D eigenvalue weighted by Crippen LogP contribution is 2.21. The zero-order valence-electron chi connectivity index (χ0n) is 10.7. The molecule has 1 aromatic heterocycles. The molecule has 8 heteroatoms. The van der Waals surface area contributed by atoms with Crippen molar-refractivity contribution in [1.82, 2.24) is 14.5 Å². The van der Waals surface area contributed by atoms with Crippen molar-refractivity contribution in [3.05, 3.63) is 10.6 Å². The van der Waals surface area contributed by atoms with E-state index < -0.39 is 0 Å². The summed E-state index contributed by atoms with van der Waals surface area (Å²) in [5, 5.41) is 15.7. The molecule has 0 spiro atoms. The number of carbonyl (C=O) groups is 1. The molecule has 3 N–H and O–H groups in total. The van der Waals surface area contributed by atoms with Gasteiger partial charge in [-0.15, -0.1) is 5.10 Å². The summed E-state index contributed by atoms with van der Waals surface area (Å²) in [6.45, 7) is 3.12. The van der Waals surface area contributed by atoms with Crippen LogP contribution in [0.25, 0.3) is 0 Å². The predicted molar refractivity (Wildman–Crippen MR) is 71.3 cm³/mol. The van der Waals surface area contributed by atoms with E-state index in [0.717, 1.165) is 30.1 Å². The lowest BCUT2D eigenvalue weighted by molar-refractivity contribution is 0.0705. The summed E-state index contributed by atoms with van der Waals surface area (Å²) in [5.41, 5.74) is 6.36. The molecule has 1 amide bonds. The van der Waals surface area contributed by atoms with E-state index in [4.69, 9.17) is 10.9 Å². The Kier molecular flexibility index (Phi) is 4.31. The van der Waals surface area contributed by atoms with Crippen LogP contribution in [-0.2, 0) is 6.42 Å². The van der Waals surface area contributed by atoms with Crippen molar-refractivity contribution in [1.29, 1.82) is 0 Å². The molecule has 1 aliphatic heterocycles. The minimum atomic E-state index is -0.0753. The van der Waals surface area contributed by atoms with Gasteiger partial charge in [-0.1, -0.05) is 16.6 Å². The zero-order valence-corrected chi connectivity index (χ0v) is 11.6. The number of hydrogen-bond donors (Lipinski definition) is 2. The summed E-state index contributed by atoms with van der Waals surface area (Å²) >= 11 is 1.13. The molecular weight excluding hydrogens is 266 g/mol. The van der Waals surface area contributed by atoms with Crippen LogP contribution in [0.5, 0.6) is 0 Å². The van der Waals surface area contributed by atoms with Crippen LogP contribution in [-0.4, -0.2) is 44.5 Å². The predicted octanol–water partition coefficient (Wildman–Crippen LogP) is 0.699. The highest BCUT2D eigenvalue weighted by Gasteiger charge is 2.29. The van der Waals surface area contributed by atoms with Crippen molar-refractivity contribution in [3.8, 4) is 0 Å². The Morgan fingerprint density at radius 2 is 2.47 bits per heavy atom. The normalized spacial score (nSPS) is 20.6. The minimum Gasteiger partial charge on any atom is -0.409 e. The summed E-state index contributed by atoms with van der Waals surface area (Å²) in [4.78, 5) is 14.7. The summed E-state index contributed by atoms with van der Waals surface area (Å²) in [6.07, 6.45) is 2.37. The Morgan fingerprint density at radius 1 is 1.68 bits per heavy atom. The topological polar surface area (TPSA) is 105 Å². The number of hydrogen-bond acceptors (Lipinski definition) is 6. The molecule has 1 saturated heterocycles. The number of piperidine rings is 1. The highest BCUT2D eigenvalue weighted by atomic mass is 32.1. The molecule has 1 aromatic rings. The van der Waals surface area contributed by atoms with Crippen molar-refractivity contribution in [2.24, 2.45) is 16.8 Å². The average Bonchev–Trinajstić information content (AvgIpc) is 2.94. The first-order valence-electron chi connectivity index (χ1n) is 6.25. The van der Waals surface area contributed by atoms with Gasteiger partial charge in [0.1, 0.15) is 10.7 Å². The fourth-order valence-corrected chi connectivity index (χ4v) is 2.95. The van der Waals surface area contributed by atoms with Crippen molar-refractivity contribution < 1.29 is 10.0 Å². The van der Waals surface area contributed by atoms with Crippen molar-refractivity contribution >= 4 is 23.3 Å². The van der Waals surface area contributed by atoms with E-state index in [-0.39, 0.29) is 17.7 Å². The van der Waals surface area contributed by atoms with Crippen LogP contribution >= 0.6 is 11.5 Å². The number of aryl methyl sites for hydroxylation is 1. The van der Waals surface area contributed by atoms with E-state index in [1.165, 1.54) is 0 Å². The third-order valence-electron chi connectivity index (χ3n) is 3.33. The Morgan fingerprint density at radius 3 is 3.16 bits per heavy atom. The SMILES string of the molecule is CCc1nnsc1C(=O)N1CCCC(C(N)=NO)C1. The lowest BCUT2D eigenvalue weighted by atomic mass is 9.97. The molecule has 0 saturated carbocycles. The number of amidine groups is 1. The van der Waals surface area contributed by atoms with E-state index in [0.29, 0.717) is 24.4 Å². The molecule has 1 atom stereocenters. The third-order valence-corrected chi connectivity index (χ3v) is 4.08. The van der Waals surface area contributed by atoms with Crippen molar-refractivity contribution in [2.45, 2.75) is 26.2 Å². The second-order valence-corrected chi connectivity index (χ2v) is 5.27. The molecule has 104 valence electrons. The van der Waals surface area contributed by atoms with Crippen LogP contribution in [0.1, 0.15) is 35.1 Å². The van der Waals surface area contributed by atoms with Gasteiger partial charge in [-0.25, -0.2) is 0 Å². The van der Waals surface area contributed by atoms with Gasteiger partial charge in [-0.3, -0.25) is 4.79 Å². The van der Waals surface area contributed by atoms with E-state index in [2.05, 4.69) is 14.7 Å². The molecule has 19 heavy (non-hydrogen) atoms. The van der Waals surface area contributed by atoms with Gasteiger partial charge in [0.25, 0.3) is 5.91 Å². The largest absolute Gasteiger partial charge is 0.409 e. The Bertz CT molecular complexity index is 487. The van der Waals surface area contributed by atoms with Gasteiger partial charge in [0.2, 0.25) is 0 Å². The molecule has 0 radical (unpaired) electrons. The van der Waals surface area contributed by atoms with Gasteiger partial charge in [0.05, 0.1) is 5.69 Å². The number of amides is 1. The van der Waals surface area contributed by atoms with Crippen LogP contribution in [0, 0.1) is 5.92 Å². The lowest BCUT2D eigenvalue weighted by Crippen LogP contribution is -2.44. The first-order valence-corrected chi connectivity index (χ1v) is 7.02. The van der Waals surface area contributed by atoms with Crippen LogP contribution in [0.4, 0.5) is 0 Å². The maximum atomic E-state index is 12.4. The number of carbonyl (C=O) groups excluding carboxylic acids is 1. The quantitative estimate of drug-likeness (QED) is 0.368. The third kappa shape index (κ3) is 2.83. The fraction of sp³-hybridized carbons (Fsp3) is 0.636. The van der Waals surface area contributed by atoms with Crippen molar-refractivity contribution in [3.63, 3.8) is 0 Å². The summed E-state index contributed by atoms with van der Waals surface area (Å²) in [6, 6.07) is 0. The Balaban J connectivity index is 2.11. The Labute approximate surface area is 115 Å². The zero-order chi connectivity index (χ0) is 13.8. The smallest absolute Gasteiger partial charge is 0.267 e. The molecule has 1 unspecified atom stereocenters. The number of rotatable bonds is 3. The average molecular weight is 283 g/mol. The van der Waals surface area contributed by atoms with Gasteiger partial charge >= 0.3 is 0 Å². The monoisotopic (exact) mass is 283 g/mol. The van der Waals surface area contributed by atoms with Gasteiger partial charge in [0, 0.05) is 19.0 Å². The number of oxime groups is 1. The molecule has 1 aliphatic rings. The summed E-state index contributed by atoms with van der Waals surface area (Å²) < 4.78 is 3.83. The van der Waals surface area contributed by atoms with Gasteiger partial charge < -0.3 is 15.8 Å². The van der Waals surface area contributed by atoms with Gasteiger partial charge in [-0.05, 0) is 30.8 Å². The molecule has 1 fully saturated rings. The van der Waals surface area contributed by atoms with Crippen LogP contribution in [0.3, 0.4) is 0 Å². The summed E-state index contributed by atoms with van der Waals surface area (Å²) in [5.74, 6) is 0.0617. The van der Waals surface area contributed by atoms with Gasteiger partial charge in [-0.2, -0.15) is 0 Å². The lowest BCUT2D eigenvalue weighted by Gasteiger charge is -2.31. The maximum Gasteiger partial charge on any atom is 0.267 e. The molecule has 0 aromatic carbocycles. The second kappa shape index (κ2) is 5.96. The van der Waals surface area contributed by atoms with E-state index in [1.54, 1.807) is 4.90 Å². The minimum absolute atomic E-state index is 0.0534. The number of nitrogens with two attached hydrogens (primary N) is 1. The summed E-state index contributed by atoms with van der Waals surface area (Å²) in [7, 11) is 0. The van der Waals surface area contributed by atoms with E-state index >= 15 is 0 Å². The maximum absolute atomic E-state index is 12.4. The van der Waals surface area contributed by atoms with E-state index in [9.17, 15) is 4.79 Å². The Hall–Kier alpha value is -1.70. The fourth-order valence-electron chi connectivity index (χ4n) is 2.23. The second-order valence-electron chi connectivity index (χ2n) is 4.52. The number of likely N-dealkylation sites (tertiary alicyclic amines) is 1. The molecule has 2 rings (SSSR count). The van der Waals surface area contributed by atoms with Crippen LogP contribution < -0.4 is 5.73 Å². The first kappa shape index (κ1) is 13.7. The number of nitrogens with zero attached hydrogens (tertiary/aromatic N) is 4. The van der Waals surface area contributed by atoms with Crippen LogP contribution in [0.15, 0.2) is 5.16 Å². The molecule has 0 bridgehead atoms. The van der Waals surface area contributed by atoms with Gasteiger partial charge in [0.15, 0.2) is 0 Å². The molecular formula is C11H17N5O2S. The van der Waals surface area contributed by atoms with E-state index in [1.807, 2.05) is 6.92 Å². The highest BCUT2D eigenvalue weighted by molar-refractivity contribution is 7.08. The standard InChI is InChI=1S/C11H17N5O2S/c1-2-8-9(19-15-13-8)11(17)16-5-3-4-7(6-16)10(12)14-18/h7,18H,2-6H2,1H3,(H2,12,14). The van der Waals surface area contributed by atoms with Crippen molar-refractivity contribution in [2.75, 3.05) is 13.1 Å². The molecule has 7 nitrogen and oxygen atoms in total.